The van der Waals surface area contributed by atoms with Crippen LogP contribution < -0.4 is 15.3 Å². The molecule has 3 aromatic carbocycles. The number of amides is 1. The SMILES string of the molecule is Cc1ccc2[nH]c(=O)[nH]c2c1Oc1cccc2c(N3CCN(C(=O)OC(C)(C)C)CC3)c(C#N)c(-c3cccc4c3CCN(C)C4)nc12. The number of nitrogens with zero attached hydrogens (tertiary/aromatic N) is 5. The predicted molar refractivity (Wildman–Crippen MR) is 186 cm³/mol. The molecule has 0 unspecified atom stereocenters. The van der Waals surface area contributed by atoms with Crippen LogP contribution in [0.4, 0.5) is 10.5 Å². The molecule has 11 nitrogen and oxygen atoms in total. The molecule has 0 radical (unpaired) electrons. The molecule has 7 rings (SSSR count). The molecule has 2 aliphatic rings. The van der Waals surface area contributed by atoms with Gasteiger partial charge in [-0.3, -0.25) is 0 Å². The highest BCUT2D eigenvalue weighted by molar-refractivity contribution is 6.02. The molecule has 1 amide bonds. The number of aryl methyl sites for hydroxylation is 1. The van der Waals surface area contributed by atoms with Crippen molar-refractivity contribution in [2.75, 3.05) is 44.7 Å². The summed E-state index contributed by atoms with van der Waals surface area (Å²) in [5.74, 6) is 1.03. The zero-order valence-corrected chi connectivity index (χ0v) is 27.9. The monoisotopic (exact) mass is 645 g/mol. The first kappa shape index (κ1) is 31.3. The second kappa shape index (κ2) is 12.0. The Kier molecular flexibility index (Phi) is 7.84. The molecule has 48 heavy (non-hydrogen) atoms. The Labute approximate surface area is 278 Å². The molecule has 0 atom stereocenters. The van der Waals surface area contributed by atoms with Crippen LogP contribution in [0, 0.1) is 18.3 Å². The van der Waals surface area contributed by atoms with Gasteiger partial charge in [-0.15, -0.1) is 0 Å². The van der Waals surface area contributed by atoms with Gasteiger partial charge in [0.2, 0.25) is 0 Å². The van der Waals surface area contributed by atoms with Gasteiger partial charge >= 0.3 is 11.8 Å². The number of pyridine rings is 1. The van der Waals surface area contributed by atoms with E-state index in [1.807, 2.05) is 64.1 Å². The Morgan fingerprint density at radius 3 is 2.52 bits per heavy atom. The number of aromatic nitrogens is 3. The number of benzene rings is 3. The summed E-state index contributed by atoms with van der Waals surface area (Å²) in [5, 5.41) is 11.6. The van der Waals surface area contributed by atoms with Gasteiger partial charge in [-0.05, 0) is 70.0 Å². The van der Waals surface area contributed by atoms with Crippen LogP contribution >= 0.6 is 0 Å². The second-order valence-electron chi connectivity index (χ2n) is 13.6. The fraction of sp³-hybridized carbons (Fsp3) is 0.351. The smallest absolute Gasteiger partial charge is 0.410 e. The number of piperazine rings is 1. The maximum atomic E-state index is 12.9. The van der Waals surface area contributed by atoms with Gasteiger partial charge in [0, 0.05) is 50.2 Å². The van der Waals surface area contributed by atoms with Crippen LogP contribution in [0.25, 0.3) is 33.2 Å². The Morgan fingerprint density at radius 1 is 1.00 bits per heavy atom. The van der Waals surface area contributed by atoms with E-state index < -0.39 is 5.60 Å². The Balaban J connectivity index is 1.40. The third kappa shape index (κ3) is 5.73. The molecule has 2 N–H and O–H groups in total. The zero-order chi connectivity index (χ0) is 33.7. The van der Waals surface area contributed by atoms with Gasteiger partial charge in [-0.2, -0.15) is 5.26 Å². The molecule has 0 spiro atoms. The van der Waals surface area contributed by atoms with Crippen molar-refractivity contribution in [1.29, 1.82) is 5.26 Å². The normalized spacial score (nSPS) is 15.4. The van der Waals surface area contributed by atoms with Gasteiger partial charge in [-0.25, -0.2) is 14.6 Å². The molecule has 0 aliphatic carbocycles. The number of carbonyl (C=O) groups excluding carboxylic acids is 1. The number of rotatable bonds is 4. The number of carbonyl (C=O) groups is 1. The quantitative estimate of drug-likeness (QED) is 0.240. The van der Waals surface area contributed by atoms with Crippen molar-refractivity contribution in [3.05, 3.63) is 81.3 Å². The number of hydrogen-bond donors (Lipinski definition) is 2. The average Bonchev–Trinajstić information content (AvgIpc) is 3.44. The fourth-order valence-electron chi connectivity index (χ4n) is 6.79. The van der Waals surface area contributed by atoms with Crippen molar-refractivity contribution in [2.45, 2.75) is 46.3 Å². The number of aromatic amines is 2. The number of ether oxygens (including phenoxy) is 2. The topological polar surface area (TPSA) is 131 Å². The molecular formula is C37H39N7O4. The van der Waals surface area contributed by atoms with E-state index in [-0.39, 0.29) is 11.8 Å². The predicted octanol–water partition coefficient (Wildman–Crippen LogP) is 6.09. The van der Waals surface area contributed by atoms with E-state index in [1.165, 1.54) is 11.1 Å². The third-order valence-corrected chi connectivity index (χ3v) is 9.08. The van der Waals surface area contributed by atoms with Gasteiger partial charge in [0.25, 0.3) is 0 Å². The minimum absolute atomic E-state index is 0.315. The molecule has 4 heterocycles. The second-order valence-corrected chi connectivity index (χ2v) is 13.6. The van der Waals surface area contributed by atoms with E-state index in [1.54, 1.807) is 4.90 Å². The van der Waals surface area contributed by atoms with Crippen molar-refractivity contribution in [1.82, 2.24) is 24.8 Å². The molecule has 11 heteroatoms. The Bertz CT molecular complexity index is 2160. The van der Waals surface area contributed by atoms with Crippen LogP contribution in [0.2, 0.25) is 0 Å². The number of para-hydroxylation sites is 1. The van der Waals surface area contributed by atoms with Crippen LogP contribution in [0.3, 0.4) is 0 Å². The van der Waals surface area contributed by atoms with Gasteiger partial charge < -0.3 is 34.1 Å². The van der Waals surface area contributed by atoms with Crippen LogP contribution in [0.15, 0.2) is 53.3 Å². The van der Waals surface area contributed by atoms with Crippen LogP contribution in [-0.2, 0) is 17.7 Å². The highest BCUT2D eigenvalue weighted by atomic mass is 16.6. The summed E-state index contributed by atoms with van der Waals surface area (Å²) in [5.41, 5.74) is 7.00. The summed E-state index contributed by atoms with van der Waals surface area (Å²) >= 11 is 0. The maximum absolute atomic E-state index is 12.9. The Hall–Kier alpha value is -5.34. The molecule has 0 saturated carbocycles. The summed E-state index contributed by atoms with van der Waals surface area (Å²) in [7, 11) is 2.11. The highest BCUT2D eigenvalue weighted by Crippen LogP contribution is 2.43. The molecule has 246 valence electrons. The molecule has 1 saturated heterocycles. The summed E-state index contributed by atoms with van der Waals surface area (Å²) in [6.45, 7) is 11.2. The summed E-state index contributed by atoms with van der Waals surface area (Å²) in [6, 6.07) is 18.3. The van der Waals surface area contributed by atoms with Crippen molar-refractivity contribution in [3.63, 3.8) is 0 Å². The van der Waals surface area contributed by atoms with Gasteiger partial charge in [-0.1, -0.05) is 36.4 Å². The van der Waals surface area contributed by atoms with E-state index in [2.05, 4.69) is 45.0 Å². The summed E-state index contributed by atoms with van der Waals surface area (Å²) in [4.78, 5) is 42.2. The van der Waals surface area contributed by atoms with Gasteiger partial charge in [0.15, 0.2) is 11.5 Å². The first-order valence-corrected chi connectivity index (χ1v) is 16.3. The lowest BCUT2D eigenvalue weighted by Crippen LogP contribution is -2.50. The van der Waals surface area contributed by atoms with Crippen molar-refractivity contribution >= 4 is 33.7 Å². The fourth-order valence-corrected chi connectivity index (χ4v) is 6.79. The van der Waals surface area contributed by atoms with E-state index in [0.717, 1.165) is 41.7 Å². The lowest BCUT2D eigenvalue weighted by Gasteiger charge is -2.37. The summed E-state index contributed by atoms with van der Waals surface area (Å²) < 4.78 is 12.3. The first-order valence-electron chi connectivity index (χ1n) is 16.3. The number of H-pyrrole nitrogens is 2. The number of nitriles is 1. The highest BCUT2D eigenvalue weighted by Gasteiger charge is 2.30. The third-order valence-electron chi connectivity index (χ3n) is 9.08. The van der Waals surface area contributed by atoms with E-state index in [0.29, 0.717) is 65.5 Å². The van der Waals surface area contributed by atoms with Gasteiger partial charge in [0.1, 0.15) is 28.3 Å². The minimum atomic E-state index is -0.589. The molecule has 2 aromatic heterocycles. The number of nitrogens with one attached hydrogen (secondary N) is 2. The van der Waals surface area contributed by atoms with Crippen LogP contribution in [0.5, 0.6) is 11.5 Å². The van der Waals surface area contributed by atoms with Crippen LogP contribution in [0.1, 0.15) is 43.0 Å². The number of anilines is 1. The van der Waals surface area contributed by atoms with Crippen molar-refractivity contribution in [3.8, 4) is 28.8 Å². The molecule has 0 bridgehead atoms. The van der Waals surface area contributed by atoms with Crippen molar-refractivity contribution in [2.24, 2.45) is 0 Å². The summed E-state index contributed by atoms with van der Waals surface area (Å²) in [6.07, 6.45) is 0.503. The molecular weight excluding hydrogens is 606 g/mol. The number of fused-ring (bicyclic) bond motifs is 3. The van der Waals surface area contributed by atoms with Crippen molar-refractivity contribution < 1.29 is 14.3 Å². The zero-order valence-electron chi connectivity index (χ0n) is 27.9. The molecule has 1 fully saturated rings. The van der Waals surface area contributed by atoms with Gasteiger partial charge in [0.05, 0.1) is 16.9 Å². The standard InChI is InChI=1S/C37H39N7O4/c1-22-12-13-28-32(41-35(45)39-28)34(22)47-29-11-7-10-26-31(29)40-30(25-9-6-8-23-21-42(5)15-14-24(23)25)27(20-38)33(26)43-16-18-44(19-17-43)36(46)48-37(2,3)4/h6-13H,14-19,21H2,1-5H3,(H2,39,41,45). The minimum Gasteiger partial charge on any atom is -0.453 e. The number of hydrogen-bond acceptors (Lipinski definition) is 8. The molecule has 2 aliphatic heterocycles. The maximum Gasteiger partial charge on any atom is 0.410 e. The number of imidazole rings is 1. The largest absolute Gasteiger partial charge is 0.453 e. The Morgan fingerprint density at radius 2 is 1.77 bits per heavy atom. The van der Waals surface area contributed by atoms with E-state index in [4.69, 9.17) is 14.5 Å². The first-order chi connectivity index (χ1) is 23.0. The van der Waals surface area contributed by atoms with E-state index in [9.17, 15) is 14.9 Å². The van der Waals surface area contributed by atoms with E-state index >= 15 is 0 Å². The molecule has 5 aromatic rings. The lowest BCUT2D eigenvalue weighted by atomic mass is 9.90. The average molecular weight is 646 g/mol. The van der Waals surface area contributed by atoms with Crippen LogP contribution in [-0.4, -0.2) is 76.2 Å². The lowest BCUT2D eigenvalue weighted by molar-refractivity contribution is 0.0240. The number of likely N-dealkylation sites (N-methyl/N-ethyl adjacent to an activating group) is 1.